The van der Waals surface area contributed by atoms with Gasteiger partial charge in [-0.05, 0) is 19.3 Å². The smallest absolute Gasteiger partial charge is 0.231 e. The first-order chi connectivity index (χ1) is 10.6. The highest BCUT2D eigenvalue weighted by molar-refractivity contribution is 5.99. The lowest BCUT2D eigenvalue weighted by atomic mass is 10.0. The van der Waals surface area contributed by atoms with Crippen molar-refractivity contribution in [3.05, 3.63) is 11.8 Å². The second-order valence-corrected chi connectivity index (χ2v) is 6.12. The molecule has 0 saturated carbocycles. The zero-order valence-corrected chi connectivity index (χ0v) is 13.8. The zero-order chi connectivity index (χ0) is 16.2. The Morgan fingerprint density at radius 1 is 1.05 bits per heavy atom. The van der Waals surface area contributed by atoms with Crippen LogP contribution in [0.2, 0.25) is 0 Å². The molecule has 124 valence electrons. The molecule has 0 radical (unpaired) electrons. The molecule has 0 spiro atoms. The Bertz CT molecular complexity index is 413. The second kappa shape index (κ2) is 11.2. The fourth-order valence-electron chi connectivity index (χ4n) is 2.66. The van der Waals surface area contributed by atoms with E-state index in [0.717, 1.165) is 19.3 Å². The molecule has 0 unspecified atom stereocenters. The van der Waals surface area contributed by atoms with Crippen LogP contribution in [0, 0.1) is 0 Å². The molecule has 1 amide bonds. The standard InChI is InChI=1S/C18H29NO3/c1-2-3-4-5-6-7-8-11-17(21)14-18(22)19-15-10-9-12-16(20)13-15/h13H,2-12,14H2,1H3,(H,19,22). The summed E-state index contributed by atoms with van der Waals surface area (Å²) in [6.45, 7) is 2.20. The van der Waals surface area contributed by atoms with Crippen molar-refractivity contribution in [1.82, 2.24) is 5.32 Å². The molecular weight excluding hydrogens is 278 g/mol. The van der Waals surface area contributed by atoms with Gasteiger partial charge in [0.25, 0.3) is 0 Å². The van der Waals surface area contributed by atoms with Crippen molar-refractivity contribution in [2.24, 2.45) is 0 Å². The van der Waals surface area contributed by atoms with Gasteiger partial charge in [0, 0.05) is 24.6 Å². The van der Waals surface area contributed by atoms with Crippen LogP contribution in [0.1, 0.15) is 84.0 Å². The van der Waals surface area contributed by atoms with E-state index in [-0.39, 0.29) is 23.9 Å². The minimum atomic E-state index is -0.283. The molecule has 0 fully saturated rings. The lowest BCUT2D eigenvalue weighted by Gasteiger charge is -2.12. The number of hydrogen-bond donors (Lipinski definition) is 1. The normalized spacial score (nSPS) is 14.6. The van der Waals surface area contributed by atoms with Crippen molar-refractivity contribution in [3.8, 4) is 0 Å². The first-order valence-corrected chi connectivity index (χ1v) is 8.66. The number of carbonyl (C=O) groups excluding carboxylic acids is 3. The van der Waals surface area contributed by atoms with E-state index < -0.39 is 0 Å². The average molecular weight is 307 g/mol. The van der Waals surface area contributed by atoms with Crippen molar-refractivity contribution in [3.63, 3.8) is 0 Å². The maximum atomic E-state index is 11.8. The largest absolute Gasteiger partial charge is 0.329 e. The number of carbonyl (C=O) groups is 3. The van der Waals surface area contributed by atoms with Gasteiger partial charge in [0.2, 0.25) is 5.91 Å². The monoisotopic (exact) mass is 307 g/mol. The summed E-state index contributed by atoms with van der Waals surface area (Å²) in [5.41, 5.74) is 0.657. The average Bonchev–Trinajstić information content (AvgIpc) is 2.46. The van der Waals surface area contributed by atoms with E-state index in [1.54, 1.807) is 0 Å². The van der Waals surface area contributed by atoms with Gasteiger partial charge in [-0.15, -0.1) is 0 Å². The van der Waals surface area contributed by atoms with Crippen LogP contribution < -0.4 is 5.32 Å². The van der Waals surface area contributed by atoms with Gasteiger partial charge in [-0.25, -0.2) is 0 Å². The Hall–Kier alpha value is -1.45. The molecule has 0 aliphatic heterocycles. The lowest BCUT2D eigenvalue weighted by molar-refractivity contribution is -0.127. The zero-order valence-electron chi connectivity index (χ0n) is 13.8. The van der Waals surface area contributed by atoms with Gasteiger partial charge in [0.1, 0.15) is 5.78 Å². The van der Waals surface area contributed by atoms with Crippen molar-refractivity contribution in [2.45, 2.75) is 84.0 Å². The molecule has 1 rings (SSSR count). The Balaban J connectivity index is 2.09. The summed E-state index contributed by atoms with van der Waals surface area (Å²) < 4.78 is 0. The summed E-state index contributed by atoms with van der Waals surface area (Å²) in [7, 11) is 0. The fourth-order valence-corrected chi connectivity index (χ4v) is 2.66. The first-order valence-electron chi connectivity index (χ1n) is 8.66. The topological polar surface area (TPSA) is 63.2 Å². The molecule has 0 bridgehead atoms. The number of rotatable bonds is 11. The molecular formula is C18H29NO3. The number of unbranched alkanes of at least 4 members (excludes halogenated alkanes) is 6. The Labute approximate surface area is 133 Å². The quantitative estimate of drug-likeness (QED) is 0.466. The highest BCUT2D eigenvalue weighted by Crippen LogP contribution is 2.13. The van der Waals surface area contributed by atoms with Crippen LogP contribution >= 0.6 is 0 Å². The van der Waals surface area contributed by atoms with Crippen LogP contribution in [-0.4, -0.2) is 17.5 Å². The van der Waals surface area contributed by atoms with E-state index in [1.807, 2.05) is 0 Å². The van der Waals surface area contributed by atoms with Gasteiger partial charge in [-0.2, -0.15) is 0 Å². The predicted octanol–water partition coefficient (Wildman–Crippen LogP) is 3.84. The molecule has 0 atom stereocenters. The van der Waals surface area contributed by atoms with E-state index in [1.165, 1.54) is 38.2 Å². The van der Waals surface area contributed by atoms with Gasteiger partial charge < -0.3 is 5.32 Å². The summed E-state index contributed by atoms with van der Waals surface area (Å²) in [5.74, 6) is -0.237. The lowest BCUT2D eigenvalue weighted by Crippen LogP contribution is -2.27. The molecule has 22 heavy (non-hydrogen) atoms. The third-order valence-electron chi connectivity index (χ3n) is 3.92. The second-order valence-electron chi connectivity index (χ2n) is 6.12. The molecule has 1 N–H and O–H groups in total. The van der Waals surface area contributed by atoms with Crippen LogP contribution in [0.5, 0.6) is 0 Å². The molecule has 0 aromatic carbocycles. The summed E-state index contributed by atoms with van der Waals surface area (Å²) in [6.07, 6.45) is 12.1. The highest BCUT2D eigenvalue weighted by Gasteiger charge is 2.14. The summed E-state index contributed by atoms with van der Waals surface area (Å²) in [5, 5.41) is 2.69. The van der Waals surface area contributed by atoms with Crippen LogP contribution in [0.15, 0.2) is 11.8 Å². The highest BCUT2D eigenvalue weighted by atomic mass is 16.2. The van der Waals surface area contributed by atoms with Crippen molar-refractivity contribution < 1.29 is 14.4 Å². The van der Waals surface area contributed by atoms with Crippen LogP contribution in [-0.2, 0) is 14.4 Å². The maximum absolute atomic E-state index is 11.8. The number of allylic oxidation sites excluding steroid dienone is 2. The summed E-state index contributed by atoms with van der Waals surface area (Å²) in [4.78, 5) is 34.8. The first kappa shape index (κ1) is 18.6. The summed E-state index contributed by atoms with van der Waals surface area (Å²) in [6, 6.07) is 0. The number of hydrogen-bond acceptors (Lipinski definition) is 3. The molecule has 0 aromatic heterocycles. The predicted molar refractivity (Wildman–Crippen MR) is 87.3 cm³/mol. The molecule has 1 aliphatic carbocycles. The third kappa shape index (κ3) is 8.75. The number of amides is 1. The Morgan fingerprint density at radius 2 is 1.73 bits per heavy atom. The Kier molecular flexibility index (Phi) is 9.44. The molecule has 0 aromatic rings. The van der Waals surface area contributed by atoms with Crippen LogP contribution in [0.3, 0.4) is 0 Å². The number of Topliss-reactive ketones (excluding diaryl/α,β-unsaturated/α-hetero) is 1. The minimum absolute atomic E-state index is 0.00575. The fraction of sp³-hybridized carbons (Fsp3) is 0.722. The minimum Gasteiger partial charge on any atom is -0.329 e. The molecule has 0 saturated heterocycles. The van der Waals surface area contributed by atoms with E-state index in [4.69, 9.17) is 0 Å². The molecule has 4 heteroatoms. The van der Waals surface area contributed by atoms with Gasteiger partial charge in [-0.1, -0.05) is 45.4 Å². The molecule has 0 heterocycles. The van der Waals surface area contributed by atoms with E-state index in [9.17, 15) is 14.4 Å². The van der Waals surface area contributed by atoms with Crippen molar-refractivity contribution in [1.29, 1.82) is 0 Å². The summed E-state index contributed by atoms with van der Waals surface area (Å²) >= 11 is 0. The SMILES string of the molecule is CCCCCCCCCC(=O)CC(=O)NC1=CC(=O)CCC1. The van der Waals surface area contributed by atoms with Gasteiger partial charge in [0.15, 0.2) is 5.78 Å². The van der Waals surface area contributed by atoms with Crippen molar-refractivity contribution in [2.75, 3.05) is 0 Å². The molecule has 4 nitrogen and oxygen atoms in total. The van der Waals surface area contributed by atoms with E-state index in [2.05, 4.69) is 12.2 Å². The van der Waals surface area contributed by atoms with Crippen molar-refractivity contribution >= 4 is 17.5 Å². The third-order valence-corrected chi connectivity index (χ3v) is 3.92. The maximum Gasteiger partial charge on any atom is 0.231 e. The van der Waals surface area contributed by atoms with Crippen LogP contribution in [0.4, 0.5) is 0 Å². The van der Waals surface area contributed by atoms with E-state index >= 15 is 0 Å². The van der Waals surface area contributed by atoms with Gasteiger partial charge in [0.05, 0.1) is 6.42 Å². The number of ketones is 2. The van der Waals surface area contributed by atoms with Gasteiger partial charge in [-0.3, -0.25) is 14.4 Å². The number of nitrogens with one attached hydrogen (secondary N) is 1. The molecule has 1 aliphatic rings. The Morgan fingerprint density at radius 3 is 2.41 bits per heavy atom. The van der Waals surface area contributed by atoms with Crippen LogP contribution in [0.25, 0.3) is 0 Å². The van der Waals surface area contributed by atoms with E-state index in [0.29, 0.717) is 25.0 Å². The van der Waals surface area contributed by atoms with Gasteiger partial charge >= 0.3 is 0 Å².